The first-order valence-corrected chi connectivity index (χ1v) is 11.7. The molecule has 3 atom stereocenters. The van der Waals surface area contributed by atoms with Gasteiger partial charge in [0.05, 0.1) is 12.6 Å². The average molecular weight is 445 g/mol. The van der Waals surface area contributed by atoms with E-state index in [1.54, 1.807) is 11.0 Å². The Morgan fingerprint density at radius 2 is 1.97 bits per heavy atom. The molecule has 2 aromatic rings. The van der Waals surface area contributed by atoms with Gasteiger partial charge < -0.3 is 4.90 Å². The number of likely N-dealkylation sites (tertiary alicyclic amines) is 2. The predicted molar refractivity (Wildman–Crippen MR) is 129 cm³/mol. The van der Waals surface area contributed by atoms with Gasteiger partial charge in [-0.3, -0.25) is 9.80 Å². The van der Waals surface area contributed by atoms with Crippen LogP contribution in [-0.2, 0) is 0 Å². The number of hydrogen-bond acceptors (Lipinski definition) is 3. The molecule has 0 N–H and O–H groups in total. The highest BCUT2D eigenvalue weighted by molar-refractivity contribution is 6.16. The fourth-order valence-electron chi connectivity index (χ4n) is 5.59. The Balaban J connectivity index is 1.53. The molecule has 170 valence electrons. The highest BCUT2D eigenvalue weighted by atomic mass is 19.1. The number of amides is 2. The number of anilines is 1. The minimum atomic E-state index is -0.589. The van der Waals surface area contributed by atoms with Crippen molar-refractivity contribution in [1.82, 2.24) is 9.80 Å². The second kappa shape index (κ2) is 8.64. The molecule has 2 fully saturated rings. The van der Waals surface area contributed by atoms with Crippen molar-refractivity contribution < 1.29 is 9.18 Å². The highest BCUT2D eigenvalue weighted by Gasteiger charge is 2.56. The van der Waals surface area contributed by atoms with E-state index in [0.29, 0.717) is 12.2 Å². The van der Waals surface area contributed by atoms with E-state index < -0.39 is 5.54 Å². The molecule has 1 unspecified atom stereocenters. The molecule has 0 aliphatic carbocycles. The largest absolute Gasteiger partial charge is 0.351 e. The van der Waals surface area contributed by atoms with Crippen LogP contribution in [0.15, 0.2) is 59.6 Å². The lowest BCUT2D eigenvalue weighted by molar-refractivity contribution is 0.124. The summed E-state index contributed by atoms with van der Waals surface area (Å²) in [5.74, 6) is 6.65. The van der Waals surface area contributed by atoms with Crippen molar-refractivity contribution in [3.05, 3.63) is 66.0 Å². The first kappa shape index (κ1) is 21.7. The molecule has 33 heavy (non-hydrogen) atoms. The summed E-state index contributed by atoms with van der Waals surface area (Å²) in [5.41, 5.74) is 1.22. The molecule has 3 aliphatic heterocycles. The van der Waals surface area contributed by atoms with E-state index in [4.69, 9.17) is 0 Å². The van der Waals surface area contributed by atoms with Gasteiger partial charge in [0, 0.05) is 24.8 Å². The van der Waals surface area contributed by atoms with Gasteiger partial charge in [0.15, 0.2) is 0 Å². The summed E-state index contributed by atoms with van der Waals surface area (Å²) >= 11 is 0. The number of nitrogens with zero attached hydrogens (tertiary/aromatic N) is 4. The molecular formula is C27H29FN4O. The van der Waals surface area contributed by atoms with Gasteiger partial charge in [0.1, 0.15) is 17.2 Å². The quantitative estimate of drug-likeness (QED) is 0.635. The van der Waals surface area contributed by atoms with Gasteiger partial charge in [0.25, 0.3) is 0 Å². The van der Waals surface area contributed by atoms with Crippen LogP contribution in [-0.4, -0.2) is 52.9 Å². The Kier molecular flexibility index (Phi) is 5.67. The van der Waals surface area contributed by atoms with Crippen molar-refractivity contribution >= 4 is 17.6 Å². The molecule has 1 spiro atoms. The van der Waals surface area contributed by atoms with E-state index in [9.17, 15) is 9.18 Å². The van der Waals surface area contributed by atoms with E-state index in [0.717, 1.165) is 38.2 Å². The zero-order chi connectivity index (χ0) is 23.0. The van der Waals surface area contributed by atoms with E-state index >= 15 is 0 Å². The SMILES string of the molecule is CC#CCN1CC[C@@]2(C[C@H]1C)C(N1CCC1c1ccccc1)=NC(=O)N2c1cccc(F)c1. The maximum atomic E-state index is 14.2. The van der Waals surface area contributed by atoms with Gasteiger partial charge in [-0.1, -0.05) is 42.3 Å². The summed E-state index contributed by atoms with van der Waals surface area (Å²) in [7, 11) is 0. The third kappa shape index (κ3) is 3.71. The van der Waals surface area contributed by atoms with Crippen LogP contribution in [0.25, 0.3) is 0 Å². The molecule has 0 bridgehead atoms. The van der Waals surface area contributed by atoms with Gasteiger partial charge in [-0.15, -0.1) is 5.92 Å². The van der Waals surface area contributed by atoms with Crippen molar-refractivity contribution in [2.75, 3.05) is 24.5 Å². The van der Waals surface area contributed by atoms with E-state index in [-0.39, 0.29) is 23.9 Å². The molecular weight excluding hydrogens is 415 g/mol. The van der Waals surface area contributed by atoms with Crippen LogP contribution in [0.3, 0.4) is 0 Å². The van der Waals surface area contributed by atoms with Crippen LogP contribution in [0.2, 0.25) is 0 Å². The maximum absolute atomic E-state index is 14.2. The van der Waals surface area contributed by atoms with Crippen molar-refractivity contribution in [2.45, 2.75) is 50.7 Å². The number of carbonyl (C=O) groups excluding carboxylic acids is 1. The predicted octanol–water partition coefficient (Wildman–Crippen LogP) is 4.86. The lowest BCUT2D eigenvalue weighted by atomic mass is 9.79. The molecule has 5 nitrogen and oxygen atoms in total. The summed E-state index contributed by atoms with van der Waals surface area (Å²) in [6, 6.07) is 16.9. The zero-order valence-electron chi connectivity index (χ0n) is 19.2. The van der Waals surface area contributed by atoms with Crippen molar-refractivity contribution in [3.8, 4) is 11.8 Å². The standard InChI is InChI=1S/C27H29FN4O/c1-3-4-15-30-17-14-27(19-20(30)2)25(31-16-13-24(31)21-9-6-5-7-10-21)29-26(33)32(27)23-12-8-11-22(28)18-23/h5-12,18,20,24H,13-17,19H2,1-2H3/t20-,24?,27-/m1/s1. The smallest absolute Gasteiger partial charge is 0.350 e. The summed E-state index contributed by atoms with van der Waals surface area (Å²) in [4.78, 5) is 24.4. The van der Waals surface area contributed by atoms with Crippen molar-refractivity contribution in [3.63, 3.8) is 0 Å². The molecule has 6 heteroatoms. The van der Waals surface area contributed by atoms with Crippen molar-refractivity contribution in [1.29, 1.82) is 0 Å². The van der Waals surface area contributed by atoms with E-state index in [1.165, 1.54) is 17.7 Å². The number of benzene rings is 2. The number of urea groups is 1. The lowest BCUT2D eigenvalue weighted by Crippen LogP contribution is -2.65. The molecule has 0 saturated carbocycles. The van der Waals surface area contributed by atoms with Gasteiger partial charge in [0.2, 0.25) is 0 Å². The molecule has 3 aliphatic rings. The summed E-state index contributed by atoms with van der Waals surface area (Å²) in [6.45, 7) is 6.43. The zero-order valence-corrected chi connectivity index (χ0v) is 19.2. The Bertz CT molecular complexity index is 1140. The lowest BCUT2D eigenvalue weighted by Gasteiger charge is -2.53. The third-order valence-electron chi connectivity index (χ3n) is 7.31. The first-order chi connectivity index (χ1) is 16.0. The van der Waals surface area contributed by atoms with E-state index in [1.807, 2.05) is 19.1 Å². The Hall–Kier alpha value is -3.17. The van der Waals surface area contributed by atoms with Crippen LogP contribution < -0.4 is 4.90 Å². The van der Waals surface area contributed by atoms with Crippen LogP contribution in [0, 0.1) is 17.7 Å². The van der Waals surface area contributed by atoms with Gasteiger partial charge in [-0.05, 0) is 56.9 Å². The number of hydrogen-bond donors (Lipinski definition) is 0. The van der Waals surface area contributed by atoms with Crippen LogP contribution in [0.4, 0.5) is 14.9 Å². The van der Waals surface area contributed by atoms with Crippen LogP contribution in [0.5, 0.6) is 0 Å². The molecule has 3 heterocycles. The Labute approximate surface area is 194 Å². The fraction of sp³-hybridized carbons (Fsp3) is 0.407. The monoisotopic (exact) mass is 444 g/mol. The molecule has 0 radical (unpaired) electrons. The minimum Gasteiger partial charge on any atom is -0.351 e. The number of piperidine rings is 1. The fourth-order valence-corrected chi connectivity index (χ4v) is 5.59. The third-order valence-corrected chi connectivity index (χ3v) is 7.31. The van der Waals surface area contributed by atoms with Crippen LogP contribution >= 0.6 is 0 Å². The summed E-state index contributed by atoms with van der Waals surface area (Å²) in [6.07, 6.45) is 2.50. The summed E-state index contributed by atoms with van der Waals surface area (Å²) < 4.78 is 14.2. The Morgan fingerprint density at radius 1 is 1.15 bits per heavy atom. The molecule has 2 saturated heterocycles. The second-order valence-electron chi connectivity index (χ2n) is 9.17. The average Bonchev–Trinajstić information content (AvgIpc) is 3.04. The van der Waals surface area contributed by atoms with Gasteiger partial charge in [-0.2, -0.15) is 4.99 Å². The normalized spacial score (nSPS) is 27.2. The first-order valence-electron chi connectivity index (χ1n) is 11.7. The Morgan fingerprint density at radius 3 is 2.64 bits per heavy atom. The second-order valence-corrected chi connectivity index (χ2v) is 9.17. The van der Waals surface area contributed by atoms with Gasteiger partial charge >= 0.3 is 6.03 Å². The number of amidine groups is 1. The molecule has 2 amide bonds. The van der Waals surface area contributed by atoms with Gasteiger partial charge in [-0.25, -0.2) is 9.18 Å². The van der Waals surface area contributed by atoms with Crippen molar-refractivity contribution in [2.24, 2.45) is 4.99 Å². The molecule has 5 rings (SSSR count). The number of halogens is 1. The highest BCUT2D eigenvalue weighted by Crippen LogP contribution is 2.46. The topological polar surface area (TPSA) is 39.1 Å². The minimum absolute atomic E-state index is 0.210. The van der Waals surface area contributed by atoms with E-state index in [2.05, 4.69) is 57.8 Å². The number of carbonyl (C=O) groups is 1. The molecule has 0 aromatic heterocycles. The molecule has 2 aromatic carbocycles. The maximum Gasteiger partial charge on any atom is 0.350 e. The number of aliphatic imine (C=N–C) groups is 1. The number of rotatable bonds is 3. The summed E-state index contributed by atoms with van der Waals surface area (Å²) in [5, 5.41) is 0. The van der Waals surface area contributed by atoms with Crippen LogP contribution in [0.1, 0.15) is 44.7 Å².